The van der Waals surface area contributed by atoms with Crippen molar-refractivity contribution in [3.05, 3.63) is 46.6 Å². The lowest BCUT2D eigenvalue weighted by atomic mass is 9.93. The summed E-state index contributed by atoms with van der Waals surface area (Å²) in [5.41, 5.74) is 0.785. The minimum atomic E-state index is -0.183. The topological polar surface area (TPSA) is 103 Å². The molecule has 3 heterocycles. The number of fused-ring (bicyclic) bond motifs is 2. The van der Waals surface area contributed by atoms with Crippen molar-refractivity contribution < 1.29 is 9.53 Å². The maximum atomic E-state index is 12.6. The first kappa shape index (κ1) is 21.0. The average Bonchev–Trinajstić information content (AvgIpc) is 3.45. The highest BCUT2D eigenvalue weighted by molar-refractivity contribution is 6.31. The Labute approximate surface area is 191 Å². The Bertz CT molecular complexity index is 1030. The molecule has 2 aliphatic heterocycles. The molecule has 1 aromatic carbocycles. The van der Waals surface area contributed by atoms with Crippen molar-refractivity contribution in [2.45, 2.75) is 56.3 Å². The second-order valence-electron chi connectivity index (χ2n) is 8.74. The number of nitrogens with zero attached hydrogens (tertiary/aromatic N) is 4. The molecule has 2 saturated heterocycles. The van der Waals surface area contributed by atoms with Gasteiger partial charge in [-0.05, 0) is 56.4 Å². The normalized spacial score (nSPS) is 26.6. The van der Waals surface area contributed by atoms with E-state index in [1.807, 2.05) is 12.1 Å². The van der Waals surface area contributed by atoms with E-state index < -0.39 is 0 Å². The van der Waals surface area contributed by atoms with Crippen LogP contribution in [0.5, 0.6) is 5.75 Å². The zero-order chi connectivity index (χ0) is 22.1. The van der Waals surface area contributed by atoms with Crippen LogP contribution in [0.3, 0.4) is 0 Å². The van der Waals surface area contributed by atoms with Gasteiger partial charge in [0.15, 0.2) is 11.5 Å². The predicted octanol–water partition coefficient (Wildman–Crippen LogP) is 2.67. The first-order valence-corrected chi connectivity index (χ1v) is 11.5. The van der Waals surface area contributed by atoms with Crippen molar-refractivity contribution in [2.24, 2.45) is 0 Å². The zero-order valence-corrected chi connectivity index (χ0v) is 18.4. The number of piperazine rings is 1. The number of carbonyl (C=O) groups is 1. The van der Waals surface area contributed by atoms with E-state index in [1.54, 1.807) is 24.3 Å². The number of aromatic nitrogens is 2. The van der Waals surface area contributed by atoms with Gasteiger partial charge in [0, 0.05) is 37.3 Å². The van der Waals surface area contributed by atoms with E-state index in [2.05, 4.69) is 25.7 Å². The first-order chi connectivity index (χ1) is 15.6. The largest absolute Gasteiger partial charge is 0.490 e. The first-order valence-electron chi connectivity index (χ1n) is 11.1. The Hall–Kier alpha value is -2.89. The third-order valence-electron chi connectivity index (χ3n) is 6.61. The summed E-state index contributed by atoms with van der Waals surface area (Å²) in [4.78, 5) is 14.9. The minimum absolute atomic E-state index is 0.0662. The maximum absolute atomic E-state index is 12.6. The summed E-state index contributed by atoms with van der Waals surface area (Å²) in [5.74, 6) is 1.33. The van der Waals surface area contributed by atoms with Crippen molar-refractivity contribution in [3.63, 3.8) is 0 Å². The number of carbonyl (C=O) groups excluding carboxylic acids is 1. The van der Waals surface area contributed by atoms with Gasteiger partial charge in [-0.2, -0.15) is 5.26 Å². The highest BCUT2D eigenvalue weighted by atomic mass is 35.5. The van der Waals surface area contributed by atoms with Crippen LogP contribution in [-0.4, -0.2) is 53.4 Å². The van der Waals surface area contributed by atoms with Crippen molar-refractivity contribution in [2.75, 3.05) is 18.0 Å². The molecule has 0 spiro atoms. The molecule has 1 amide bonds. The Kier molecular flexibility index (Phi) is 5.85. The van der Waals surface area contributed by atoms with Crippen LogP contribution in [0, 0.1) is 11.3 Å². The van der Waals surface area contributed by atoms with Gasteiger partial charge in [0.25, 0.3) is 5.91 Å². The Morgan fingerprint density at radius 2 is 2.06 bits per heavy atom. The molecule has 32 heavy (non-hydrogen) atoms. The molecule has 1 aromatic heterocycles. The SMILES string of the molecule is N#Cc1ccc(OC2CCC(NC(=O)c3ccc(N4CC5CC4CN5)nn3)CC2)cc1Cl. The number of hydrogen-bond acceptors (Lipinski definition) is 7. The maximum Gasteiger partial charge on any atom is 0.272 e. The van der Waals surface area contributed by atoms with Gasteiger partial charge in [0.05, 0.1) is 16.7 Å². The number of hydrogen-bond donors (Lipinski definition) is 2. The van der Waals surface area contributed by atoms with Gasteiger partial charge in [-0.3, -0.25) is 4.79 Å². The molecular weight excluding hydrogens is 428 g/mol. The summed E-state index contributed by atoms with van der Waals surface area (Å²) in [6.07, 6.45) is 4.54. The number of ether oxygens (including phenoxy) is 1. The number of nitriles is 1. The molecule has 166 valence electrons. The zero-order valence-electron chi connectivity index (χ0n) is 17.6. The number of nitrogens with one attached hydrogen (secondary N) is 2. The van der Waals surface area contributed by atoms with E-state index in [0.29, 0.717) is 34.1 Å². The van der Waals surface area contributed by atoms with Crippen molar-refractivity contribution in [3.8, 4) is 11.8 Å². The lowest BCUT2D eigenvalue weighted by molar-refractivity contribution is 0.0888. The van der Waals surface area contributed by atoms with E-state index in [0.717, 1.165) is 51.0 Å². The van der Waals surface area contributed by atoms with Gasteiger partial charge in [0.1, 0.15) is 11.8 Å². The van der Waals surface area contributed by atoms with Gasteiger partial charge in [-0.1, -0.05) is 11.6 Å². The fourth-order valence-electron chi connectivity index (χ4n) is 4.88. The van der Waals surface area contributed by atoms with Gasteiger partial charge in [-0.15, -0.1) is 10.2 Å². The van der Waals surface area contributed by atoms with E-state index in [4.69, 9.17) is 21.6 Å². The Balaban J connectivity index is 1.11. The van der Waals surface area contributed by atoms with Crippen LogP contribution in [0.1, 0.15) is 48.2 Å². The van der Waals surface area contributed by atoms with Crippen LogP contribution < -0.4 is 20.3 Å². The quantitative estimate of drug-likeness (QED) is 0.718. The summed E-state index contributed by atoms with van der Waals surface area (Å²) in [7, 11) is 0. The van der Waals surface area contributed by atoms with E-state index in [9.17, 15) is 4.79 Å². The smallest absolute Gasteiger partial charge is 0.272 e. The van der Waals surface area contributed by atoms with Crippen molar-refractivity contribution in [1.29, 1.82) is 5.26 Å². The van der Waals surface area contributed by atoms with Crippen LogP contribution in [0.15, 0.2) is 30.3 Å². The predicted molar refractivity (Wildman–Crippen MR) is 120 cm³/mol. The second kappa shape index (κ2) is 8.93. The number of anilines is 1. The summed E-state index contributed by atoms with van der Waals surface area (Å²) in [6.45, 7) is 1.93. The lowest BCUT2D eigenvalue weighted by Gasteiger charge is -2.29. The molecule has 0 radical (unpaired) electrons. The molecule has 3 fully saturated rings. The Morgan fingerprint density at radius 3 is 2.69 bits per heavy atom. The molecule has 2 atom stereocenters. The molecule has 2 unspecified atom stereocenters. The van der Waals surface area contributed by atoms with E-state index in [-0.39, 0.29) is 18.1 Å². The molecule has 9 heteroatoms. The summed E-state index contributed by atoms with van der Waals surface area (Å²) < 4.78 is 6.02. The third kappa shape index (κ3) is 4.36. The van der Waals surface area contributed by atoms with E-state index in [1.165, 1.54) is 0 Å². The van der Waals surface area contributed by atoms with Crippen molar-refractivity contribution in [1.82, 2.24) is 20.8 Å². The number of halogens is 1. The second-order valence-corrected chi connectivity index (χ2v) is 9.15. The number of rotatable bonds is 5. The third-order valence-corrected chi connectivity index (χ3v) is 6.92. The molecule has 2 aromatic rings. The highest BCUT2D eigenvalue weighted by Crippen LogP contribution is 2.29. The van der Waals surface area contributed by atoms with Gasteiger partial charge in [-0.25, -0.2) is 0 Å². The lowest BCUT2D eigenvalue weighted by Crippen LogP contribution is -2.44. The van der Waals surface area contributed by atoms with Gasteiger partial charge in [0.2, 0.25) is 0 Å². The standard InChI is InChI=1S/C23H25ClN6O2/c24-20-10-19(4-1-14(20)11-25)32-18-5-2-15(3-6-18)27-23(31)21-7-8-22(29-28-21)30-13-16-9-17(30)12-26-16/h1,4,7-8,10,15-18,26H,2-3,5-6,9,12-13H2,(H,27,31). The Morgan fingerprint density at radius 1 is 1.22 bits per heavy atom. The molecule has 2 bridgehead atoms. The minimum Gasteiger partial charge on any atom is -0.490 e. The molecule has 2 N–H and O–H groups in total. The van der Waals surface area contributed by atoms with Crippen LogP contribution in [0.2, 0.25) is 5.02 Å². The summed E-state index contributed by atoms with van der Waals surface area (Å²) in [5, 5.41) is 24.4. The fourth-order valence-corrected chi connectivity index (χ4v) is 5.09. The molecule has 1 saturated carbocycles. The molecule has 1 aliphatic carbocycles. The highest BCUT2D eigenvalue weighted by Gasteiger charge is 2.38. The monoisotopic (exact) mass is 452 g/mol. The number of amides is 1. The van der Waals surface area contributed by atoms with Crippen LogP contribution in [0.25, 0.3) is 0 Å². The summed E-state index contributed by atoms with van der Waals surface area (Å²) >= 11 is 6.08. The average molecular weight is 453 g/mol. The molecule has 5 rings (SSSR count). The molecule has 3 aliphatic rings. The van der Waals surface area contributed by atoms with E-state index >= 15 is 0 Å². The van der Waals surface area contributed by atoms with Gasteiger partial charge >= 0.3 is 0 Å². The van der Waals surface area contributed by atoms with Crippen LogP contribution in [0.4, 0.5) is 5.82 Å². The molecular formula is C23H25ClN6O2. The summed E-state index contributed by atoms with van der Waals surface area (Å²) in [6, 6.07) is 11.9. The number of benzene rings is 1. The van der Waals surface area contributed by atoms with Crippen LogP contribution in [-0.2, 0) is 0 Å². The van der Waals surface area contributed by atoms with Gasteiger partial charge < -0.3 is 20.3 Å². The fraction of sp³-hybridized carbons (Fsp3) is 0.478. The van der Waals surface area contributed by atoms with Crippen LogP contribution >= 0.6 is 11.6 Å². The molecule has 8 nitrogen and oxygen atoms in total. The van der Waals surface area contributed by atoms with Crippen molar-refractivity contribution >= 4 is 23.3 Å².